The first kappa shape index (κ1) is 22.7. The Labute approximate surface area is 171 Å². The van der Waals surface area contributed by atoms with Gasteiger partial charge in [-0.05, 0) is 0 Å². The van der Waals surface area contributed by atoms with Crippen molar-refractivity contribution < 1.29 is 178 Å². The SMILES string of the molecule is [H-].[H-].[H-].[K+].[K+].[K+].[Rh]. The van der Waals surface area contributed by atoms with Crippen LogP contribution < -0.4 is 154 Å². The first-order valence-electron chi connectivity index (χ1n) is 0. The molecule has 4 heavy (non-hydrogen) atoms. The molecule has 0 atom stereocenters. The molecule has 1 radical (unpaired) electrons. The molecule has 4 heteroatoms. The molecule has 0 heterocycles. The van der Waals surface area contributed by atoms with E-state index >= 15 is 0 Å². The Bertz CT molecular complexity index is 10.1. The van der Waals surface area contributed by atoms with E-state index in [2.05, 4.69) is 0 Å². The van der Waals surface area contributed by atoms with Crippen LogP contribution >= 0.6 is 0 Å². The second-order valence-electron chi connectivity index (χ2n) is 0. The summed E-state index contributed by atoms with van der Waals surface area (Å²) in [5.74, 6) is 0. The van der Waals surface area contributed by atoms with E-state index < -0.39 is 0 Å². The van der Waals surface area contributed by atoms with E-state index in [0.717, 1.165) is 0 Å². The average Bonchev–Trinajstić information content (AvgIpc) is 0. The van der Waals surface area contributed by atoms with Gasteiger partial charge < -0.3 is 4.28 Å². The summed E-state index contributed by atoms with van der Waals surface area (Å²) in [4.78, 5) is 0. The largest absolute Gasteiger partial charge is 1.00 e. The van der Waals surface area contributed by atoms with Gasteiger partial charge in [0, 0.05) is 19.5 Å². The van der Waals surface area contributed by atoms with E-state index in [-0.39, 0.29) is 178 Å². The van der Waals surface area contributed by atoms with Gasteiger partial charge in [0.2, 0.25) is 0 Å². The number of hydrogen-bond acceptors (Lipinski definition) is 0. The summed E-state index contributed by atoms with van der Waals surface area (Å²) in [5.41, 5.74) is 0. The van der Waals surface area contributed by atoms with E-state index in [1.54, 1.807) is 0 Å². The second-order valence-corrected chi connectivity index (χ2v) is 0. The topological polar surface area (TPSA) is 0 Å². The van der Waals surface area contributed by atoms with Crippen LogP contribution in [0.5, 0.6) is 0 Å². The van der Waals surface area contributed by atoms with Gasteiger partial charge in [0.25, 0.3) is 0 Å². The summed E-state index contributed by atoms with van der Waals surface area (Å²) in [7, 11) is 0. The molecule has 0 fully saturated rings. The molecular weight excluding hydrogens is 220 g/mol. The predicted octanol–water partition coefficient (Wildman–Crippen LogP) is -8.65. The smallest absolute Gasteiger partial charge is 1.00 e. The van der Waals surface area contributed by atoms with Crippen molar-refractivity contribution in [2.75, 3.05) is 0 Å². The third kappa shape index (κ3) is 10.5. The van der Waals surface area contributed by atoms with E-state index in [4.69, 9.17) is 0 Å². The van der Waals surface area contributed by atoms with Gasteiger partial charge in [-0.3, -0.25) is 0 Å². The fourth-order valence-corrected chi connectivity index (χ4v) is 0. The minimum atomic E-state index is 0. The van der Waals surface area contributed by atoms with Crippen molar-refractivity contribution in [2.45, 2.75) is 0 Å². The van der Waals surface area contributed by atoms with Gasteiger partial charge in [0.05, 0.1) is 0 Å². The molecule has 0 spiro atoms. The number of rotatable bonds is 0. The van der Waals surface area contributed by atoms with Crippen LogP contribution in [0, 0.1) is 0 Å². The molecule has 0 aliphatic rings. The van der Waals surface area contributed by atoms with Crippen molar-refractivity contribution in [1.82, 2.24) is 0 Å². The van der Waals surface area contributed by atoms with Crippen molar-refractivity contribution in [2.24, 2.45) is 0 Å². The van der Waals surface area contributed by atoms with Crippen molar-refractivity contribution in [3.63, 3.8) is 0 Å². The Morgan fingerprint density at radius 3 is 0.750 bits per heavy atom. The zero-order valence-electron chi connectivity index (χ0n) is 6.33. The molecule has 0 unspecified atom stereocenters. The molecule has 0 aromatic rings. The minimum Gasteiger partial charge on any atom is -1.00 e. The van der Waals surface area contributed by atoms with Crippen LogP contribution in [0.2, 0.25) is 0 Å². The quantitative estimate of drug-likeness (QED) is 0.358. The average molecular weight is 223 g/mol. The van der Waals surface area contributed by atoms with Gasteiger partial charge in [0.15, 0.2) is 0 Å². The van der Waals surface area contributed by atoms with E-state index in [1.165, 1.54) is 0 Å². The van der Waals surface area contributed by atoms with Crippen LogP contribution in [0.4, 0.5) is 0 Å². The molecule has 0 aliphatic carbocycles. The Morgan fingerprint density at radius 2 is 0.750 bits per heavy atom. The molecule has 0 aromatic carbocycles. The Kier molecular flexibility index (Phi) is 89.7. The van der Waals surface area contributed by atoms with Gasteiger partial charge in [0.1, 0.15) is 0 Å². The fourth-order valence-electron chi connectivity index (χ4n) is 0. The predicted molar refractivity (Wildman–Crippen MR) is 3.34 cm³/mol. The first-order chi connectivity index (χ1) is 0. The third-order valence-electron chi connectivity index (χ3n) is 0. The van der Waals surface area contributed by atoms with Gasteiger partial charge in [-0.2, -0.15) is 0 Å². The zero-order chi connectivity index (χ0) is 0. The monoisotopic (exact) mass is 223 g/mol. The molecule has 0 rings (SSSR count). The summed E-state index contributed by atoms with van der Waals surface area (Å²) in [6.45, 7) is 0. The van der Waals surface area contributed by atoms with E-state index in [1.807, 2.05) is 0 Å². The van der Waals surface area contributed by atoms with Crippen molar-refractivity contribution >= 4 is 0 Å². The van der Waals surface area contributed by atoms with Crippen molar-refractivity contribution in [1.29, 1.82) is 0 Å². The fraction of sp³-hybridized carbons (Fsp3) is 0. The van der Waals surface area contributed by atoms with Crippen LogP contribution in [-0.2, 0) is 19.5 Å². The van der Waals surface area contributed by atoms with Crippen LogP contribution in [0.3, 0.4) is 0 Å². The summed E-state index contributed by atoms with van der Waals surface area (Å²) < 4.78 is 0. The molecule has 0 nitrogen and oxygen atoms in total. The zero-order valence-corrected chi connectivity index (χ0v) is 14.3. The molecule has 0 saturated carbocycles. The summed E-state index contributed by atoms with van der Waals surface area (Å²) in [5, 5.41) is 0. The van der Waals surface area contributed by atoms with E-state index in [9.17, 15) is 0 Å². The summed E-state index contributed by atoms with van der Waals surface area (Å²) in [6.07, 6.45) is 0. The van der Waals surface area contributed by atoms with Crippen LogP contribution in [0.1, 0.15) is 4.28 Å². The molecule has 0 amide bonds. The molecular formula is H3K3Rh. The molecule has 15 valence electrons. The maximum absolute atomic E-state index is 0. The number of hydrogen-bond donors (Lipinski definition) is 0. The first-order valence-corrected chi connectivity index (χ1v) is 0. The maximum Gasteiger partial charge on any atom is 1.00 e. The molecule has 0 aliphatic heterocycles. The summed E-state index contributed by atoms with van der Waals surface area (Å²) in [6, 6.07) is 0. The molecule has 0 saturated heterocycles. The van der Waals surface area contributed by atoms with Crippen molar-refractivity contribution in [3.8, 4) is 0 Å². The van der Waals surface area contributed by atoms with Gasteiger partial charge in [-0.25, -0.2) is 0 Å². The normalized spacial score (nSPS) is 0. The van der Waals surface area contributed by atoms with Crippen LogP contribution in [0.25, 0.3) is 0 Å². The third-order valence-corrected chi connectivity index (χ3v) is 0. The summed E-state index contributed by atoms with van der Waals surface area (Å²) >= 11 is 0. The van der Waals surface area contributed by atoms with Gasteiger partial charge in [-0.1, -0.05) is 0 Å². The maximum atomic E-state index is 0. The molecule has 0 N–H and O–H groups in total. The Morgan fingerprint density at radius 1 is 0.750 bits per heavy atom. The Balaban J connectivity index is 0. The van der Waals surface area contributed by atoms with E-state index in [0.29, 0.717) is 0 Å². The van der Waals surface area contributed by atoms with Crippen molar-refractivity contribution in [3.05, 3.63) is 0 Å². The second kappa shape index (κ2) is 15.8. The van der Waals surface area contributed by atoms with Gasteiger partial charge >= 0.3 is 154 Å². The Hall–Kier alpha value is 5.53. The van der Waals surface area contributed by atoms with Gasteiger partial charge in [-0.15, -0.1) is 0 Å². The van der Waals surface area contributed by atoms with Crippen LogP contribution in [0.15, 0.2) is 0 Å². The standard InChI is InChI=1S/3K.Rh.3H/q3*+1;;3*-1. The molecule has 0 bridgehead atoms. The molecule has 0 aromatic heterocycles. The van der Waals surface area contributed by atoms with Crippen LogP contribution in [-0.4, -0.2) is 0 Å². The minimum absolute atomic E-state index is 0.